The summed E-state index contributed by atoms with van der Waals surface area (Å²) in [6, 6.07) is 7.27. The van der Waals surface area contributed by atoms with Gasteiger partial charge in [0.15, 0.2) is 0 Å². The minimum absolute atomic E-state index is 0.195. The predicted octanol–water partition coefficient (Wildman–Crippen LogP) is 3.51. The Morgan fingerprint density at radius 1 is 1.22 bits per heavy atom. The van der Waals surface area contributed by atoms with Crippen molar-refractivity contribution < 1.29 is 4.92 Å². The van der Waals surface area contributed by atoms with Crippen LogP contribution in [0.15, 0.2) is 24.3 Å². The molecule has 1 aromatic carbocycles. The molecule has 0 aliphatic rings. The molecule has 0 saturated heterocycles. The second kappa shape index (κ2) is 7.11. The lowest BCUT2D eigenvalue weighted by atomic mass is 10.0. The third-order valence-corrected chi connectivity index (χ3v) is 3.01. The maximum Gasteiger partial charge on any atom is 0.273 e. The number of nitro benzene ring substituents is 1. The molecule has 0 radical (unpaired) electrons. The van der Waals surface area contributed by atoms with E-state index < -0.39 is 0 Å². The fourth-order valence-corrected chi connectivity index (χ4v) is 1.81. The molecular weight excluding hydrogens is 228 g/mol. The second-order valence-corrected chi connectivity index (χ2v) is 5.14. The zero-order chi connectivity index (χ0) is 13.5. The van der Waals surface area contributed by atoms with Crippen LogP contribution in [-0.2, 0) is 6.54 Å². The van der Waals surface area contributed by atoms with Gasteiger partial charge in [-0.25, -0.2) is 0 Å². The van der Waals surface area contributed by atoms with E-state index in [1.165, 1.54) is 6.42 Å². The highest BCUT2D eigenvalue weighted by molar-refractivity contribution is 5.39. The Labute approximate surface area is 109 Å². The molecule has 0 amide bonds. The first-order chi connectivity index (χ1) is 8.50. The molecule has 1 atom stereocenters. The summed E-state index contributed by atoms with van der Waals surface area (Å²) in [5.41, 5.74) is 0.944. The lowest BCUT2D eigenvalue weighted by Gasteiger charge is -2.15. The number of hydrogen-bond acceptors (Lipinski definition) is 3. The second-order valence-electron chi connectivity index (χ2n) is 5.14. The standard InChI is InChI=1S/C14H22N2O2/c1-11(2)8-9-12(3)15-10-13-6-4-5-7-14(13)16(17)18/h4-7,11-12,15H,8-10H2,1-3H3. The number of nitrogens with one attached hydrogen (secondary N) is 1. The summed E-state index contributed by atoms with van der Waals surface area (Å²) in [7, 11) is 0. The molecule has 0 heterocycles. The average molecular weight is 250 g/mol. The quantitative estimate of drug-likeness (QED) is 0.595. The summed E-state index contributed by atoms with van der Waals surface area (Å²) in [6.45, 7) is 7.08. The number of para-hydroxylation sites is 1. The van der Waals surface area contributed by atoms with Gasteiger partial charge < -0.3 is 5.32 Å². The fraction of sp³-hybridized carbons (Fsp3) is 0.571. The number of nitrogens with zero attached hydrogens (tertiary/aromatic N) is 1. The van der Waals surface area contributed by atoms with Crippen LogP contribution in [0, 0.1) is 16.0 Å². The van der Waals surface area contributed by atoms with Gasteiger partial charge >= 0.3 is 0 Å². The van der Waals surface area contributed by atoms with Crippen molar-refractivity contribution in [1.82, 2.24) is 5.32 Å². The molecule has 0 spiro atoms. The molecule has 0 saturated carbocycles. The van der Waals surface area contributed by atoms with Crippen molar-refractivity contribution in [3.63, 3.8) is 0 Å². The van der Waals surface area contributed by atoms with Gasteiger partial charge in [0.25, 0.3) is 5.69 Å². The molecule has 0 fully saturated rings. The van der Waals surface area contributed by atoms with Gasteiger partial charge in [-0.3, -0.25) is 10.1 Å². The summed E-state index contributed by atoms with van der Waals surface area (Å²) < 4.78 is 0. The molecule has 0 aliphatic carbocycles. The molecule has 1 N–H and O–H groups in total. The van der Waals surface area contributed by atoms with Crippen molar-refractivity contribution >= 4 is 5.69 Å². The van der Waals surface area contributed by atoms with E-state index >= 15 is 0 Å². The van der Waals surface area contributed by atoms with Crippen molar-refractivity contribution in [2.45, 2.75) is 46.2 Å². The highest BCUT2D eigenvalue weighted by Gasteiger charge is 2.12. The Kier molecular flexibility index (Phi) is 5.78. The van der Waals surface area contributed by atoms with Crippen molar-refractivity contribution in [1.29, 1.82) is 0 Å². The Morgan fingerprint density at radius 2 is 1.89 bits per heavy atom. The third kappa shape index (κ3) is 4.84. The Morgan fingerprint density at radius 3 is 2.50 bits per heavy atom. The number of rotatable bonds is 7. The smallest absolute Gasteiger partial charge is 0.273 e. The van der Waals surface area contributed by atoms with Gasteiger partial charge in [0.1, 0.15) is 0 Å². The van der Waals surface area contributed by atoms with Crippen LogP contribution in [-0.4, -0.2) is 11.0 Å². The molecule has 1 unspecified atom stereocenters. The van der Waals surface area contributed by atoms with Crippen LogP contribution in [0.25, 0.3) is 0 Å². The fourth-order valence-electron chi connectivity index (χ4n) is 1.81. The van der Waals surface area contributed by atoms with E-state index in [1.807, 2.05) is 6.07 Å². The van der Waals surface area contributed by atoms with Gasteiger partial charge in [0, 0.05) is 24.2 Å². The van der Waals surface area contributed by atoms with Gasteiger partial charge in [-0.2, -0.15) is 0 Å². The van der Waals surface area contributed by atoms with Crippen LogP contribution in [0.3, 0.4) is 0 Å². The van der Waals surface area contributed by atoms with E-state index in [2.05, 4.69) is 26.1 Å². The van der Waals surface area contributed by atoms with Crippen LogP contribution in [0.2, 0.25) is 0 Å². The highest BCUT2D eigenvalue weighted by Crippen LogP contribution is 2.17. The number of nitro groups is 1. The lowest BCUT2D eigenvalue weighted by molar-refractivity contribution is -0.385. The minimum atomic E-state index is -0.324. The van der Waals surface area contributed by atoms with Crippen LogP contribution in [0.5, 0.6) is 0 Å². The maximum atomic E-state index is 10.9. The first kappa shape index (κ1) is 14.6. The van der Waals surface area contributed by atoms with E-state index in [1.54, 1.807) is 18.2 Å². The topological polar surface area (TPSA) is 55.2 Å². The largest absolute Gasteiger partial charge is 0.310 e. The average Bonchev–Trinajstić information content (AvgIpc) is 2.34. The minimum Gasteiger partial charge on any atom is -0.310 e. The van der Waals surface area contributed by atoms with Gasteiger partial charge in [0.05, 0.1) is 4.92 Å². The van der Waals surface area contributed by atoms with E-state index in [-0.39, 0.29) is 10.6 Å². The van der Waals surface area contributed by atoms with E-state index in [4.69, 9.17) is 0 Å². The first-order valence-electron chi connectivity index (χ1n) is 6.46. The lowest BCUT2D eigenvalue weighted by Crippen LogP contribution is -2.26. The van der Waals surface area contributed by atoms with Crippen molar-refractivity contribution in [3.8, 4) is 0 Å². The third-order valence-electron chi connectivity index (χ3n) is 3.01. The maximum absolute atomic E-state index is 10.9. The Hall–Kier alpha value is -1.42. The number of benzene rings is 1. The molecule has 1 aromatic rings. The number of hydrogen-bond donors (Lipinski definition) is 1. The molecule has 4 heteroatoms. The SMILES string of the molecule is CC(C)CCC(C)NCc1ccccc1[N+](=O)[O-]. The molecule has 0 aromatic heterocycles. The van der Waals surface area contributed by atoms with Crippen LogP contribution in [0.1, 0.15) is 39.2 Å². The van der Waals surface area contributed by atoms with Crippen LogP contribution in [0.4, 0.5) is 5.69 Å². The van der Waals surface area contributed by atoms with Crippen molar-refractivity contribution in [2.75, 3.05) is 0 Å². The van der Waals surface area contributed by atoms with Gasteiger partial charge in [0.2, 0.25) is 0 Å². The van der Waals surface area contributed by atoms with Gasteiger partial charge in [-0.05, 0) is 25.7 Å². The molecule has 0 bridgehead atoms. The van der Waals surface area contributed by atoms with Crippen LogP contribution >= 0.6 is 0 Å². The Bertz CT molecular complexity index is 391. The van der Waals surface area contributed by atoms with Crippen molar-refractivity contribution in [3.05, 3.63) is 39.9 Å². The molecule has 0 aliphatic heterocycles. The predicted molar refractivity (Wildman–Crippen MR) is 73.5 cm³/mol. The first-order valence-corrected chi connectivity index (χ1v) is 6.46. The summed E-state index contributed by atoms with van der Waals surface area (Å²) >= 11 is 0. The monoisotopic (exact) mass is 250 g/mol. The molecule has 1 rings (SSSR count). The van der Waals surface area contributed by atoms with E-state index in [0.29, 0.717) is 18.5 Å². The van der Waals surface area contributed by atoms with Crippen molar-refractivity contribution in [2.24, 2.45) is 5.92 Å². The summed E-state index contributed by atoms with van der Waals surface area (Å²) in [5.74, 6) is 0.695. The Balaban J connectivity index is 2.50. The zero-order valence-electron chi connectivity index (χ0n) is 11.3. The summed E-state index contributed by atoms with van der Waals surface area (Å²) in [5, 5.41) is 14.2. The molecule has 18 heavy (non-hydrogen) atoms. The normalized spacial score (nSPS) is 12.7. The molecule has 4 nitrogen and oxygen atoms in total. The van der Waals surface area contributed by atoms with Gasteiger partial charge in [-0.1, -0.05) is 32.0 Å². The zero-order valence-corrected chi connectivity index (χ0v) is 11.3. The molecular formula is C14H22N2O2. The van der Waals surface area contributed by atoms with E-state index in [0.717, 1.165) is 12.0 Å². The summed E-state index contributed by atoms with van der Waals surface area (Å²) in [6.07, 6.45) is 2.27. The van der Waals surface area contributed by atoms with Gasteiger partial charge in [-0.15, -0.1) is 0 Å². The van der Waals surface area contributed by atoms with Crippen LogP contribution < -0.4 is 5.32 Å². The summed E-state index contributed by atoms with van der Waals surface area (Å²) in [4.78, 5) is 10.5. The van der Waals surface area contributed by atoms with E-state index in [9.17, 15) is 10.1 Å². The molecule has 100 valence electrons. The highest BCUT2D eigenvalue weighted by atomic mass is 16.6.